The number of carbonyl (C=O) groups is 1. The third-order valence-electron chi connectivity index (χ3n) is 5.38. The van der Waals surface area contributed by atoms with E-state index in [0.29, 0.717) is 24.5 Å². The van der Waals surface area contributed by atoms with Crippen molar-refractivity contribution < 1.29 is 9.53 Å². The Morgan fingerprint density at radius 2 is 2.30 bits per heavy atom. The second kappa shape index (κ2) is 8.89. The molecule has 7 heteroatoms. The molecule has 2 unspecified atom stereocenters. The zero-order chi connectivity index (χ0) is 19.3. The molecule has 3 heterocycles. The van der Waals surface area contributed by atoms with Gasteiger partial charge in [-0.1, -0.05) is 13.8 Å². The lowest BCUT2D eigenvalue weighted by Gasteiger charge is -2.35. The number of carbonyl (C=O) groups excluding carboxylic acids is 1. The lowest BCUT2D eigenvalue weighted by molar-refractivity contribution is 0.0529. The van der Waals surface area contributed by atoms with Gasteiger partial charge in [0.25, 0.3) is 0 Å². The van der Waals surface area contributed by atoms with Crippen LogP contribution in [-0.2, 0) is 11.3 Å². The molecule has 2 aliphatic heterocycles. The summed E-state index contributed by atoms with van der Waals surface area (Å²) < 4.78 is 5.59. The van der Waals surface area contributed by atoms with Gasteiger partial charge in [-0.15, -0.1) is 0 Å². The number of anilines is 1. The van der Waals surface area contributed by atoms with E-state index in [0.717, 1.165) is 44.0 Å². The minimum absolute atomic E-state index is 0.125. The van der Waals surface area contributed by atoms with Gasteiger partial charge in [0.1, 0.15) is 5.82 Å². The van der Waals surface area contributed by atoms with E-state index in [1.165, 1.54) is 6.42 Å². The maximum atomic E-state index is 12.1. The average Bonchev–Trinajstić information content (AvgIpc) is 2.66. The zero-order valence-electron chi connectivity index (χ0n) is 16.8. The van der Waals surface area contributed by atoms with Crippen LogP contribution in [-0.4, -0.2) is 55.9 Å². The van der Waals surface area contributed by atoms with E-state index in [1.54, 1.807) is 6.20 Å². The standard InChI is InChI=1S/C20H33N5O2/c1-15-13-25(8-9-27-15)18-10-16(5-7-21-18)11-22-19(26)23-12-17-4-6-20(2,3)14-24-17/h5,7,10,15,17,24H,4,6,8-9,11-14H2,1-3H3,(H2,22,23,26). The smallest absolute Gasteiger partial charge is 0.315 e. The molecule has 7 nitrogen and oxygen atoms in total. The molecule has 0 bridgehead atoms. The molecule has 0 saturated carbocycles. The summed E-state index contributed by atoms with van der Waals surface area (Å²) in [4.78, 5) is 18.8. The molecule has 1 aromatic rings. The molecular weight excluding hydrogens is 342 g/mol. The molecule has 2 atom stereocenters. The Labute approximate surface area is 162 Å². The average molecular weight is 376 g/mol. The zero-order valence-corrected chi connectivity index (χ0v) is 16.8. The largest absolute Gasteiger partial charge is 0.375 e. The number of ether oxygens (including phenoxy) is 1. The van der Waals surface area contributed by atoms with Gasteiger partial charge >= 0.3 is 6.03 Å². The highest BCUT2D eigenvalue weighted by atomic mass is 16.5. The van der Waals surface area contributed by atoms with E-state index in [-0.39, 0.29) is 12.1 Å². The number of rotatable bonds is 5. The van der Waals surface area contributed by atoms with E-state index < -0.39 is 0 Å². The lowest BCUT2D eigenvalue weighted by Crippen LogP contribution is -2.50. The van der Waals surface area contributed by atoms with E-state index in [2.05, 4.69) is 46.6 Å². The summed E-state index contributed by atoms with van der Waals surface area (Å²) in [6.45, 7) is 11.2. The van der Waals surface area contributed by atoms with Gasteiger partial charge in [-0.25, -0.2) is 9.78 Å². The van der Waals surface area contributed by atoms with Gasteiger partial charge < -0.3 is 25.6 Å². The van der Waals surface area contributed by atoms with E-state index in [1.807, 2.05) is 12.1 Å². The first kappa shape index (κ1) is 19.9. The molecule has 0 aromatic carbocycles. The lowest BCUT2D eigenvalue weighted by atomic mass is 9.82. The van der Waals surface area contributed by atoms with E-state index >= 15 is 0 Å². The Kier molecular flexibility index (Phi) is 6.55. The molecule has 27 heavy (non-hydrogen) atoms. The van der Waals surface area contributed by atoms with Crippen LogP contribution in [0.4, 0.5) is 10.6 Å². The highest BCUT2D eigenvalue weighted by molar-refractivity contribution is 5.73. The van der Waals surface area contributed by atoms with Crippen LogP contribution in [0.3, 0.4) is 0 Å². The van der Waals surface area contributed by atoms with Crippen LogP contribution < -0.4 is 20.9 Å². The summed E-state index contributed by atoms with van der Waals surface area (Å²) in [5, 5.41) is 9.44. The molecule has 2 saturated heterocycles. The van der Waals surface area contributed by atoms with Crippen LogP contribution in [0.15, 0.2) is 18.3 Å². The van der Waals surface area contributed by atoms with Gasteiger partial charge in [0.05, 0.1) is 12.7 Å². The highest BCUT2D eigenvalue weighted by Crippen LogP contribution is 2.26. The Balaban J connectivity index is 1.42. The summed E-state index contributed by atoms with van der Waals surface area (Å²) in [6, 6.07) is 4.22. The molecule has 2 fully saturated rings. The van der Waals surface area contributed by atoms with Gasteiger partial charge in [0.15, 0.2) is 0 Å². The van der Waals surface area contributed by atoms with Crippen LogP contribution in [0, 0.1) is 5.41 Å². The predicted molar refractivity (Wildman–Crippen MR) is 107 cm³/mol. The van der Waals surface area contributed by atoms with Gasteiger partial charge in [-0.05, 0) is 42.9 Å². The van der Waals surface area contributed by atoms with Crippen molar-refractivity contribution in [1.29, 1.82) is 0 Å². The fraction of sp³-hybridized carbons (Fsp3) is 0.700. The Bertz CT molecular complexity index is 627. The summed E-state index contributed by atoms with van der Waals surface area (Å²) >= 11 is 0. The third-order valence-corrected chi connectivity index (χ3v) is 5.38. The summed E-state index contributed by atoms with van der Waals surface area (Å²) in [5.74, 6) is 0.943. The number of nitrogens with one attached hydrogen (secondary N) is 3. The molecule has 3 N–H and O–H groups in total. The molecule has 0 radical (unpaired) electrons. The molecule has 0 aliphatic carbocycles. The van der Waals surface area contributed by atoms with Gasteiger partial charge in [0.2, 0.25) is 0 Å². The Morgan fingerprint density at radius 3 is 3.04 bits per heavy atom. The normalized spacial score (nSPS) is 25.1. The molecule has 150 valence electrons. The topological polar surface area (TPSA) is 78.5 Å². The number of pyridine rings is 1. The van der Waals surface area contributed by atoms with Crippen LogP contribution in [0.2, 0.25) is 0 Å². The maximum absolute atomic E-state index is 12.1. The highest BCUT2D eigenvalue weighted by Gasteiger charge is 2.26. The van der Waals surface area contributed by atoms with E-state index in [9.17, 15) is 4.79 Å². The van der Waals surface area contributed by atoms with Crippen LogP contribution in [0.25, 0.3) is 0 Å². The SMILES string of the molecule is CC1CN(c2cc(CNC(=O)NCC3CCC(C)(C)CN3)ccn2)CCO1. The summed E-state index contributed by atoms with van der Waals surface area (Å²) in [5.41, 5.74) is 1.41. The van der Waals surface area contributed by atoms with E-state index in [4.69, 9.17) is 4.74 Å². The number of hydrogen-bond donors (Lipinski definition) is 3. The van der Waals surface area contributed by atoms with Crippen molar-refractivity contribution in [3.8, 4) is 0 Å². The number of urea groups is 1. The minimum Gasteiger partial charge on any atom is -0.375 e. The summed E-state index contributed by atoms with van der Waals surface area (Å²) in [6.07, 6.45) is 4.30. The fourth-order valence-corrected chi connectivity index (χ4v) is 3.58. The number of aromatic nitrogens is 1. The maximum Gasteiger partial charge on any atom is 0.315 e. The Morgan fingerprint density at radius 1 is 1.44 bits per heavy atom. The van der Waals surface area contributed by atoms with Crippen LogP contribution in [0.5, 0.6) is 0 Å². The molecular formula is C20H33N5O2. The molecule has 0 spiro atoms. The van der Waals surface area contributed by atoms with Crippen molar-refractivity contribution in [3.05, 3.63) is 23.9 Å². The number of amides is 2. The minimum atomic E-state index is -0.125. The second-order valence-electron chi connectivity index (χ2n) is 8.49. The quantitative estimate of drug-likeness (QED) is 0.732. The van der Waals surface area contributed by atoms with Gasteiger partial charge in [0, 0.05) is 45.0 Å². The van der Waals surface area contributed by atoms with Crippen LogP contribution in [0.1, 0.15) is 39.2 Å². The first-order valence-corrected chi connectivity index (χ1v) is 9.98. The number of nitrogens with zero attached hydrogens (tertiary/aromatic N) is 2. The number of morpholine rings is 1. The molecule has 2 amide bonds. The van der Waals surface area contributed by atoms with Crippen molar-refractivity contribution >= 4 is 11.8 Å². The fourth-order valence-electron chi connectivity index (χ4n) is 3.58. The first-order chi connectivity index (χ1) is 12.9. The van der Waals surface area contributed by atoms with Gasteiger partial charge in [-0.3, -0.25) is 0 Å². The third kappa shape index (κ3) is 6.07. The summed E-state index contributed by atoms with van der Waals surface area (Å²) in [7, 11) is 0. The molecule has 1 aromatic heterocycles. The number of hydrogen-bond acceptors (Lipinski definition) is 5. The molecule has 3 rings (SSSR count). The number of piperidine rings is 1. The van der Waals surface area contributed by atoms with Crippen molar-refractivity contribution in [2.45, 2.75) is 52.3 Å². The predicted octanol–water partition coefficient (Wildman–Crippen LogP) is 1.88. The van der Waals surface area contributed by atoms with Crippen LogP contribution >= 0.6 is 0 Å². The van der Waals surface area contributed by atoms with Crippen molar-refractivity contribution in [2.24, 2.45) is 5.41 Å². The van der Waals surface area contributed by atoms with Gasteiger partial charge in [-0.2, -0.15) is 0 Å². The molecule has 2 aliphatic rings. The van der Waals surface area contributed by atoms with Crippen molar-refractivity contribution in [1.82, 2.24) is 20.9 Å². The Hall–Kier alpha value is -1.86. The monoisotopic (exact) mass is 375 g/mol. The first-order valence-electron chi connectivity index (χ1n) is 9.98. The second-order valence-corrected chi connectivity index (χ2v) is 8.49. The van der Waals surface area contributed by atoms with Crippen molar-refractivity contribution in [3.63, 3.8) is 0 Å². The van der Waals surface area contributed by atoms with Crippen molar-refractivity contribution in [2.75, 3.05) is 37.7 Å².